The molecule has 0 radical (unpaired) electrons. The van der Waals surface area contributed by atoms with Crippen molar-refractivity contribution in [1.29, 1.82) is 0 Å². The summed E-state index contributed by atoms with van der Waals surface area (Å²) in [5.41, 5.74) is 2.38. The van der Waals surface area contributed by atoms with Gasteiger partial charge in [-0.15, -0.1) is 0 Å². The van der Waals surface area contributed by atoms with Crippen molar-refractivity contribution in [3.63, 3.8) is 0 Å². The summed E-state index contributed by atoms with van der Waals surface area (Å²) in [6, 6.07) is 5.96. The van der Waals surface area contributed by atoms with Crippen LogP contribution >= 0.6 is 0 Å². The molecule has 0 spiro atoms. The third-order valence-corrected chi connectivity index (χ3v) is 3.82. The average Bonchev–Trinajstić information content (AvgIpc) is 2.47. The predicted molar refractivity (Wildman–Crippen MR) is 95.5 cm³/mol. The number of nitrogens with zero attached hydrogens (tertiary/aromatic N) is 2. The number of nitrogens with one attached hydrogen (secondary N) is 1. The van der Waals surface area contributed by atoms with Gasteiger partial charge in [-0.1, -0.05) is 12.1 Å². The maximum absolute atomic E-state index is 12.2. The van der Waals surface area contributed by atoms with E-state index in [2.05, 4.69) is 10.2 Å². The predicted octanol–water partition coefficient (Wildman–Crippen LogP) is 3.01. The van der Waals surface area contributed by atoms with Crippen LogP contribution in [0.25, 0.3) is 0 Å². The zero-order chi connectivity index (χ0) is 17.9. The van der Waals surface area contributed by atoms with Gasteiger partial charge < -0.3 is 19.9 Å². The second-order valence-electron chi connectivity index (χ2n) is 7.10. The number of piperazine rings is 1. The third-order valence-electron chi connectivity index (χ3n) is 3.82. The van der Waals surface area contributed by atoms with Gasteiger partial charge in [0.25, 0.3) is 0 Å². The van der Waals surface area contributed by atoms with Crippen LogP contribution in [0, 0.1) is 6.92 Å². The van der Waals surface area contributed by atoms with Crippen molar-refractivity contribution in [2.24, 2.45) is 0 Å². The van der Waals surface area contributed by atoms with E-state index in [1.54, 1.807) is 4.90 Å². The fraction of sp³-hybridized carbons (Fsp3) is 0.556. The number of aryl methyl sites for hydroxylation is 1. The smallest absolute Gasteiger partial charge is 0.410 e. The van der Waals surface area contributed by atoms with Crippen LogP contribution in [0.4, 0.5) is 16.2 Å². The fourth-order valence-corrected chi connectivity index (χ4v) is 2.71. The highest BCUT2D eigenvalue weighted by Gasteiger charge is 2.26. The molecule has 1 aliphatic rings. The monoisotopic (exact) mass is 333 g/mol. The fourth-order valence-electron chi connectivity index (χ4n) is 2.71. The Hall–Kier alpha value is -2.24. The van der Waals surface area contributed by atoms with Gasteiger partial charge in [-0.3, -0.25) is 4.79 Å². The van der Waals surface area contributed by atoms with Crippen LogP contribution in [0.15, 0.2) is 18.2 Å². The topological polar surface area (TPSA) is 61.9 Å². The molecule has 132 valence electrons. The molecule has 0 aromatic heterocycles. The zero-order valence-electron chi connectivity index (χ0n) is 15.2. The van der Waals surface area contributed by atoms with Crippen LogP contribution in [0.5, 0.6) is 0 Å². The molecule has 0 aliphatic carbocycles. The Morgan fingerprint density at radius 3 is 2.29 bits per heavy atom. The number of rotatable bonds is 2. The van der Waals surface area contributed by atoms with Gasteiger partial charge in [0.2, 0.25) is 5.91 Å². The minimum atomic E-state index is -0.483. The first-order valence-corrected chi connectivity index (χ1v) is 8.27. The lowest BCUT2D eigenvalue weighted by Crippen LogP contribution is -2.50. The van der Waals surface area contributed by atoms with Crippen molar-refractivity contribution in [2.75, 3.05) is 36.4 Å². The molecular weight excluding hydrogens is 306 g/mol. The Morgan fingerprint density at radius 1 is 1.12 bits per heavy atom. The van der Waals surface area contributed by atoms with Crippen LogP contribution in [-0.2, 0) is 9.53 Å². The number of amides is 2. The maximum Gasteiger partial charge on any atom is 0.410 e. The van der Waals surface area contributed by atoms with Gasteiger partial charge in [0.15, 0.2) is 0 Å². The molecule has 1 fully saturated rings. The van der Waals surface area contributed by atoms with Crippen molar-refractivity contribution < 1.29 is 14.3 Å². The quantitative estimate of drug-likeness (QED) is 0.904. The first-order valence-electron chi connectivity index (χ1n) is 8.27. The first-order chi connectivity index (χ1) is 11.2. The summed E-state index contributed by atoms with van der Waals surface area (Å²) in [6.07, 6.45) is -0.270. The number of para-hydroxylation sites is 1. The van der Waals surface area contributed by atoms with E-state index >= 15 is 0 Å². The Balaban J connectivity index is 2.06. The number of anilines is 2. The van der Waals surface area contributed by atoms with E-state index in [9.17, 15) is 9.59 Å². The molecular formula is C18H27N3O3. The van der Waals surface area contributed by atoms with Gasteiger partial charge in [0.05, 0.1) is 11.4 Å². The molecule has 0 atom stereocenters. The van der Waals surface area contributed by atoms with Crippen molar-refractivity contribution >= 4 is 23.4 Å². The van der Waals surface area contributed by atoms with E-state index < -0.39 is 5.60 Å². The highest BCUT2D eigenvalue weighted by atomic mass is 16.6. The SMILES string of the molecule is CC(=O)Nc1c(C)cccc1N1CCN(C(=O)OC(C)(C)C)CC1. The number of carbonyl (C=O) groups is 2. The highest BCUT2D eigenvalue weighted by Crippen LogP contribution is 2.30. The number of ether oxygens (including phenoxy) is 1. The summed E-state index contributed by atoms with van der Waals surface area (Å²) in [4.78, 5) is 27.6. The van der Waals surface area contributed by atoms with E-state index in [0.717, 1.165) is 16.9 Å². The van der Waals surface area contributed by atoms with Crippen LogP contribution in [0.1, 0.15) is 33.3 Å². The lowest BCUT2D eigenvalue weighted by molar-refractivity contribution is -0.114. The van der Waals surface area contributed by atoms with Crippen molar-refractivity contribution in [3.8, 4) is 0 Å². The van der Waals surface area contributed by atoms with Crippen LogP contribution < -0.4 is 10.2 Å². The molecule has 1 aliphatic heterocycles. The number of hydrogen-bond acceptors (Lipinski definition) is 4. The summed E-state index contributed by atoms with van der Waals surface area (Å²) in [7, 11) is 0. The molecule has 1 saturated heterocycles. The Bertz CT molecular complexity index is 614. The van der Waals surface area contributed by atoms with E-state index in [1.165, 1.54) is 6.92 Å². The van der Waals surface area contributed by atoms with E-state index in [0.29, 0.717) is 26.2 Å². The number of benzene rings is 1. The molecule has 0 bridgehead atoms. The van der Waals surface area contributed by atoms with Crippen molar-refractivity contribution in [1.82, 2.24) is 4.90 Å². The lowest BCUT2D eigenvalue weighted by Gasteiger charge is -2.37. The average molecular weight is 333 g/mol. The molecule has 0 unspecified atom stereocenters. The Kier molecular flexibility index (Phi) is 5.36. The van der Waals surface area contributed by atoms with E-state index in [4.69, 9.17) is 4.74 Å². The van der Waals surface area contributed by atoms with Gasteiger partial charge in [-0.2, -0.15) is 0 Å². The van der Waals surface area contributed by atoms with Crippen molar-refractivity contribution in [3.05, 3.63) is 23.8 Å². The van der Waals surface area contributed by atoms with Crippen molar-refractivity contribution in [2.45, 2.75) is 40.2 Å². The minimum Gasteiger partial charge on any atom is -0.444 e. The molecule has 1 N–H and O–H groups in total. The van der Waals surface area contributed by atoms with Gasteiger partial charge >= 0.3 is 6.09 Å². The summed E-state index contributed by atoms with van der Waals surface area (Å²) >= 11 is 0. The highest BCUT2D eigenvalue weighted by molar-refractivity contribution is 5.94. The molecule has 2 rings (SSSR count). The Labute approximate surface area is 143 Å². The van der Waals surface area contributed by atoms with Gasteiger partial charge in [0, 0.05) is 33.1 Å². The van der Waals surface area contributed by atoms with Crippen LogP contribution in [0.2, 0.25) is 0 Å². The molecule has 2 amide bonds. The molecule has 6 nitrogen and oxygen atoms in total. The molecule has 24 heavy (non-hydrogen) atoms. The number of hydrogen-bond donors (Lipinski definition) is 1. The second kappa shape index (κ2) is 7.11. The first kappa shape index (κ1) is 18.1. The van der Waals surface area contributed by atoms with E-state index in [-0.39, 0.29) is 12.0 Å². The maximum atomic E-state index is 12.2. The minimum absolute atomic E-state index is 0.0852. The summed E-state index contributed by atoms with van der Waals surface area (Å²) in [5, 5.41) is 2.92. The summed E-state index contributed by atoms with van der Waals surface area (Å²) in [5.74, 6) is -0.0852. The third kappa shape index (κ3) is 4.63. The zero-order valence-corrected chi connectivity index (χ0v) is 15.2. The summed E-state index contributed by atoms with van der Waals surface area (Å²) in [6.45, 7) is 11.7. The van der Waals surface area contributed by atoms with Crippen LogP contribution in [0.3, 0.4) is 0 Å². The Morgan fingerprint density at radius 2 is 1.75 bits per heavy atom. The van der Waals surface area contributed by atoms with Gasteiger partial charge in [-0.25, -0.2) is 4.79 Å². The molecule has 1 heterocycles. The van der Waals surface area contributed by atoms with E-state index in [1.807, 2.05) is 45.9 Å². The molecule has 1 aromatic carbocycles. The largest absolute Gasteiger partial charge is 0.444 e. The molecule has 1 aromatic rings. The second-order valence-corrected chi connectivity index (χ2v) is 7.10. The van der Waals surface area contributed by atoms with Gasteiger partial charge in [-0.05, 0) is 39.3 Å². The van der Waals surface area contributed by atoms with Crippen LogP contribution in [-0.4, -0.2) is 48.7 Å². The lowest BCUT2D eigenvalue weighted by atomic mass is 10.1. The standard InChI is InChI=1S/C18H27N3O3/c1-13-7-6-8-15(16(13)19-14(2)22)20-9-11-21(12-10-20)17(23)24-18(3,4)5/h6-8H,9-12H2,1-5H3,(H,19,22). The summed E-state index contributed by atoms with van der Waals surface area (Å²) < 4.78 is 5.43. The van der Waals surface area contributed by atoms with Gasteiger partial charge in [0.1, 0.15) is 5.60 Å². The molecule has 0 saturated carbocycles. The number of carbonyl (C=O) groups excluding carboxylic acids is 2. The normalized spacial score (nSPS) is 15.2. The molecule has 6 heteroatoms.